The van der Waals surface area contributed by atoms with Gasteiger partial charge >= 0.3 is 0 Å². The van der Waals surface area contributed by atoms with Crippen LogP contribution in [-0.4, -0.2) is 29.8 Å². The van der Waals surface area contributed by atoms with Gasteiger partial charge in [0, 0.05) is 35.2 Å². The van der Waals surface area contributed by atoms with Gasteiger partial charge in [0.15, 0.2) is 0 Å². The van der Waals surface area contributed by atoms with Crippen LogP contribution in [0.2, 0.25) is 10.0 Å². The Morgan fingerprint density at radius 2 is 2.04 bits per heavy atom. The predicted molar refractivity (Wildman–Crippen MR) is 105 cm³/mol. The summed E-state index contributed by atoms with van der Waals surface area (Å²) in [6.07, 6.45) is 0.875. The van der Waals surface area contributed by atoms with Crippen LogP contribution in [-0.2, 0) is 16.0 Å². The van der Waals surface area contributed by atoms with Crippen LogP contribution in [0.25, 0.3) is 0 Å². The molecule has 136 valence electrons. The van der Waals surface area contributed by atoms with Gasteiger partial charge in [0.2, 0.25) is 11.8 Å². The van der Waals surface area contributed by atoms with E-state index in [0.717, 1.165) is 16.8 Å². The van der Waals surface area contributed by atoms with Gasteiger partial charge in [-0.25, -0.2) is 0 Å². The van der Waals surface area contributed by atoms with Gasteiger partial charge in [0.1, 0.15) is 0 Å². The molecule has 26 heavy (non-hydrogen) atoms. The van der Waals surface area contributed by atoms with Crippen molar-refractivity contribution in [3.8, 4) is 0 Å². The van der Waals surface area contributed by atoms with Crippen LogP contribution >= 0.6 is 23.2 Å². The lowest BCUT2D eigenvalue weighted by Gasteiger charge is -2.17. The summed E-state index contributed by atoms with van der Waals surface area (Å²) in [7, 11) is 0. The average Bonchev–Trinajstić information content (AvgIpc) is 2.95. The molecule has 0 spiro atoms. The van der Waals surface area contributed by atoms with E-state index in [0.29, 0.717) is 29.6 Å². The van der Waals surface area contributed by atoms with Crippen LogP contribution in [0, 0.1) is 12.8 Å². The number of likely N-dealkylation sites (tertiary alicyclic amines) is 1. The zero-order chi connectivity index (χ0) is 18.7. The highest BCUT2D eigenvalue weighted by Gasteiger charge is 2.34. The van der Waals surface area contributed by atoms with Crippen LogP contribution in [0.1, 0.15) is 17.5 Å². The highest BCUT2D eigenvalue weighted by atomic mass is 35.5. The molecule has 1 aliphatic rings. The topological polar surface area (TPSA) is 49.4 Å². The number of aryl methyl sites for hydroxylation is 1. The molecule has 2 aromatic rings. The van der Waals surface area contributed by atoms with Crippen molar-refractivity contribution in [3.63, 3.8) is 0 Å². The van der Waals surface area contributed by atoms with Crippen molar-refractivity contribution in [1.82, 2.24) is 4.90 Å². The maximum Gasteiger partial charge on any atom is 0.229 e. The number of hydrogen-bond donors (Lipinski definition) is 1. The second-order valence-corrected chi connectivity index (χ2v) is 7.43. The lowest BCUT2D eigenvalue weighted by molar-refractivity contribution is -0.128. The summed E-state index contributed by atoms with van der Waals surface area (Å²) in [6, 6.07) is 13.0. The maximum atomic E-state index is 12.5. The second-order valence-electron chi connectivity index (χ2n) is 6.59. The molecule has 0 radical (unpaired) electrons. The average molecular weight is 391 g/mol. The van der Waals surface area contributed by atoms with Gasteiger partial charge in [0.05, 0.1) is 5.92 Å². The first-order valence-electron chi connectivity index (χ1n) is 8.51. The van der Waals surface area contributed by atoms with Crippen LogP contribution in [0.15, 0.2) is 42.5 Å². The summed E-state index contributed by atoms with van der Waals surface area (Å²) in [5.41, 5.74) is 2.78. The number of carbonyl (C=O) groups is 2. The highest BCUT2D eigenvalue weighted by molar-refractivity contribution is 6.35. The quantitative estimate of drug-likeness (QED) is 0.825. The first-order chi connectivity index (χ1) is 12.4. The molecular formula is C20H20Cl2N2O2. The normalized spacial score (nSPS) is 16.8. The zero-order valence-electron chi connectivity index (χ0n) is 14.5. The Morgan fingerprint density at radius 1 is 1.23 bits per heavy atom. The fourth-order valence-electron chi connectivity index (χ4n) is 3.11. The first-order valence-corrected chi connectivity index (χ1v) is 9.27. The third-order valence-corrected chi connectivity index (χ3v) is 5.12. The fourth-order valence-corrected chi connectivity index (χ4v) is 3.61. The number of nitrogens with zero attached hydrogens (tertiary/aromatic N) is 1. The van der Waals surface area contributed by atoms with Gasteiger partial charge in [-0.1, -0.05) is 41.4 Å². The molecule has 3 rings (SSSR count). The Labute approximate surface area is 163 Å². The molecular weight excluding hydrogens is 371 g/mol. The summed E-state index contributed by atoms with van der Waals surface area (Å²) >= 11 is 12.1. The molecule has 0 aliphatic carbocycles. The number of anilines is 1. The van der Waals surface area contributed by atoms with Crippen LogP contribution < -0.4 is 5.32 Å². The minimum absolute atomic E-state index is 0.000483. The molecule has 1 atom stereocenters. The van der Waals surface area contributed by atoms with E-state index < -0.39 is 0 Å². The smallest absolute Gasteiger partial charge is 0.229 e. The molecule has 1 fully saturated rings. The van der Waals surface area contributed by atoms with E-state index in [4.69, 9.17) is 23.2 Å². The minimum Gasteiger partial charge on any atom is -0.342 e. The monoisotopic (exact) mass is 390 g/mol. The highest BCUT2D eigenvalue weighted by Crippen LogP contribution is 2.24. The number of halogens is 2. The third kappa shape index (κ3) is 4.57. The van der Waals surface area contributed by atoms with Crippen molar-refractivity contribution < 1.29 is 9.59 Å². The van der Waals surface area contributed by atoms with Gasteiger partial charge in [-0.15, -0.1) is 0 Å². The van der Waals surface area contributed by atoms with Crippen LogP contribution in [0.4, 0.5) is 5.69 Å². The maximum absolute atomic E-state index is 12.5. The number of nitrogens with one attached hydrogen (secondary N) is 1. The largest absolute Gasteiger partial charge is 0.342 e. The molecule has 4 nitrogen and oxygen atoms in total. The molecule has 1 unspecified atom stereocenters. The first kappa shape index (κ1) is 18.7. The third-order valence-electron chi connectivity index (χ3n) is 4.54. The van der Waals surface area contributed by atoms with Crippen molar-refractivity contribution >= 4 is 40.7 Å². The molecule has 0 bridgehead atoms. The Bertz CT molecular complexity index is 838. The van der Waals surface area contributed by atoms with Crippen molar-refractivity contribution in [3.05, 3.63) is 63.6 Å². The van der Waals surface area contributed by atoms with E-state index in [-0.39, 0.29) is 24.2 Å². The van der Waals surface area contributed by atoms with Gasteiger partial charge < -0.3 is 10.2 Å². The summed E-state index contributed by atoms with van der Waals surface area (Å²) < 4.78 is 0. The minimum atomic E-state index is -0.330. The van der Waals surface area contributed by atoms with Crippen LogP contribution in [0.5, 0.6) is 0 Å². The molecule has 6 heteroatoms. The van der Waals surface area contributed by atoms with Crippen LogP contribution in [0.3, 0.4) is 0 Å². The molecule has 1 saturated heterocycles. The standard InChI is InChI=1S/C20H20Cl2N2O2/c1-13-3-2-4-17(9-13)23-20(26)15-10-19(25)24(12-15)8-7-14-5-6-16(21)11-18(14)22/h2-6,9,11,15H,7-8,10,12H2,1H3,(H,23,26). The summed E-state index contributed by atoms with van der Waals surface area (Å²) in [4.78, 5) is 26.4. The molecule has 1 heterocycles. The summed E-state index contributed by atoms with van der Waals surface area (Å²) in [6.45, 7) is 2.94. The molecule has 2 aromatic carbocycles. The van der Waals surface area contributed by atoms with E-state index >= 15 is 0 Å². The molecule has 0 aromatic heterocycles. The Morgan fingerprint density at radius 3 is 2.77 bits per heavy atom. The summed E-state index contributed by atoms with van der Waals surface area (Å²) in [5.74, 6) is -0.445. The predicted octanol–water partition coefficient (Wildman–Crippen LogP) is 4.33. The second kappa shape index (κ2) is 8.11. The van der Waals surface area contributed by atoms with Crippen molar-refractivity contribution in [2.45, 2.75) is 19.8 Å². The van der Waals surface area contributed by atoms with Gasteiger partial charge in [-0.2, -0.15) is 0 Å². The summed E-state index contributed by atoms with van der Waals surface area (Å²) in [5, 5.41) is 4.08. The Hall–Kier alpha value is -2.04. The molecule has 1 aliphatic heterocycles. The molecule has 0 saturated carbocycles. The van der Waals surface area contributed by atoms with Crippen molar-refractivity contribution in [2.75, 3.05) is 18.4 Å². The van der Waals surface area contributed by atoms with Gasteiger partial charge in [-0.3, -0.25) is 9.59 Å². The number of amides is 2. The number of carbonyl (C=O) groups excluding carboxylic acids is 2. The lowest BCUT2D eigenvalue weighted by Crippen LogP contribution is -2.30. The Balaban J connectivity index is 1.57. The van der Waals surface area contributed by atoms with E-state index in [9.17, 15) is 9.59 Å². The van der Waals surface area contributed by atoms with E-state index in [1.165, 1.54) is 0 Å². The van der Waals surface area contributed by atoms with E-state index in [1.54, 1.807) is 17.0 Å². The van der Waals surface area contributed by atoms with Crippen molar-refractivity contribution in [2.24, 2.45) is 5.92 Å². The SMILES string of the molecule is Cc1cccc(NC(=O)C2CC(=O)N(CCc3ccc(Cl)cc3Cl)C2)c1. The lowest BCUT2D eigenvalue weighted by atomic mass is 10.1. The number of benzene rings is 2. The van der Waals surface area contributed by atoms with Crippen molar-refractivity contribution in [1.29, 1.82) is 0 Å². The zero-order valence-corrected chi connectivity index (χ0v) is 16.0. The van der Waals surface area contributed by atoms with Gasteiger partial charge in [-0.05, 0) is 48.7 Å². The fraction of sp³-hybridized carbons (Fsp3) is 0.300. The number of rotatable bonds is 5. The van der Waals surface area contributed by atoms with Gasteiger partial charge in [0.25, 0.3) is 0 Å². The molecule has 1 N–H and O–H groups in total. The van der Waals surface area contributed by atoms with E-state index in [1.807, 2.05) is 37.3 Å². The molecule has 2 amide bonds. The Kier molecular flexibility index (Phi) is 5.84. The number of hydrogen-bond acceptors (Lipinski definition) is 2. The van der Waals surface area contributed by atoms with E-state index in [2.05, 4.69) is 5.32 Å².